The highest BCUT2D eigenvalue weighted by molar-refractivity contribution is 5.87. The van der Waals surface area contributed by atoms with Crippen LogP contribution in [0.4, 0.5) is 13.6 Å². The number of nitrogens with one attached hydrogen (secondary N) is 1. The molecule has 1 unspecified atom stereocenters. The fraction of sp³-hybridized carbons (Fsp3) is 0.423. The van der Waals surface area contributed by atoms with E-state index in [2.05, 4.69) is 5.32 Å². The van der Waals surface area contributed by atoms with Crippen LogP contribution in [0.2, 0.25) is 0 Å². The van der Waals surface area contributed by atoms with E-state index >= 15 is 0 Å². The maximum atomic E-state index is 13.9. The third-order valence-corrected chi connectivity index (χ3v) is 7.32. The molecule has 1 heterocycles. The van der Waals surface area contributed by atoms with E-state index in [4.69, 9.17) is 4.74 Å². The number of carbonyl (C=O) groups is 3. The summed E-state index contributed by atoms with van der Waals surface area (Å²) >= 11 is 0. The Morgan fingerprint density at radius 3 is 2.29 bits per heavy atom. The van der Waals surface area contributed by atoms with Crippen molar-refractivity contribution in [3.63, 3.8) is 0 Å². The second kappa shape index (κ2) is 8.94. The third kappa shape index (κ3) is 4.35. The van der Waals surface area contributed by atoms with Gasteiger partial charge in [0.2, 0.25) is 5.91 Å². The molecule has 2 N–H and O–H groups in total. The van der Waals surface area contributed by atoms with Gasteiger partial charge in [-0.1, -0.05) is 55.0 Å². The van der Waals surface area contributed by atoms with Crippen LogP contribution >= 0.6 is 0 Å². The lowest BCUT2D eigenvalue weighted by atomic mass is 9.98. The van der Waals surface area contributed by atoms with Gasteiger partial charge >= 0.3 is 12.1 Å². The Bertz CT molecular complexity index is 1120. The van der Waals surface area contributed by atoms with Gasteiger partial charge in [0.05, 0.1) is 12.5 Å². The summed E-state index contributed by atoms with van der Waals surface area (Å²) in [6.45, 7) is -0.804. The van der Waals surface area contributed by atoms with Gasteiger partial charge < -0.3 is 20.1 Å². The number of hydrogen-bond donors (Lipinski definition) is 2. The molecule has 0 aromatic heterocycles. The van der Waals surface area contributed by atoms with Crippen LogP contribution in [0, 0.1) is 5.92 Å². The Labute approximate surface area is 201 Å². The normalized spacial score (nSPS) is 24.6. The van der Waals surface area contributed by atoms with Gasteiger partial charge in [0.25, 0.3) is 5.92 Å². The third-order valence-electron chi connectivity index (χ3n) is 7.32. The number of carbonyl (C=O) groups excluding carboxylic acids is 2. The zero-order valence-electron chi connectivity index (χ0n) is 19.0. The second-order valence-corrected chi connectivity index (χ2v) is 9.49. The summed E-state index contributed by atoms with van der Waals surface area (Å²) in [7, 11) is 0. The summed E-state index contributed by atoms with van der Waals surface area (Å²) in [6, 6.07) is 13.8. The first-order valence-corrected chi connectivity index (χ1v) is 11.8. The topological polar surface area (TPSA) is 95.9 Å². The van der Waals surface area contributed by atoms with E-state index in [0.29, 0.717) is 19.3 Å². The van der Waals surface area contributed by atoms with Gasteiger partial charge in [0.1, 0.15) is 12.6 Å². The minimum absolute atomic E-state index is 0.114. The minimum Gasteiger partial charge on any atom is -0.480 e. The average Bonchev–Trinajstić information content (AvgIpc) is 3.51. The van der Waals surface area contributed by atoms with Crippen molar-refractivity contribution in [2.75, 3.05) is 13.2 Å². The lowest BCUT2D eigenvalue weighted by Crippen LogP contribution is -2.49. The smallest absolute Gasteiger partial charge is 0.407 e. The Hall–Kier alpha value is -3.49. The molecule has 2 aromatic rings. The van der Waals surface area contributed by atoms with Crippen molar-refractivity contribution in [2.45, 2.75) is 49.6 Å². The van der Waals surface area contributed by atoms with Gasteiger partial charge in [-0.05, 0) is 35.1 Å². The predicted molar refractivity (Wildman–Crippen MR) is 122 cm³/mol. The van der Waals surface area contributed by atoms with Gasteiger partial charge in [0, 0.05) is 18.4 Å². The molecule has 3 aliphatic rings. The first-order valence-electron chi connectivity index (χ1n) is 11.8. The predicted octanol–water partition coefficient (Wildman–Crippen LogP) is 4.01. The average molecular weight is 484 g/mol. The van der Waals surface area contributed by atoms with Crippen LogP contribution in [0.3, 0.4) is 0 Å². The highest BCUT2D eigenvalue weighted by Gasteiger charge is 2.52. The Balaban J connectivity index is 1.24. The van der Waals surface area contributed by atoms with Gasteiger partial charge in [-0.15, -0.1) is 0 Å². The lowest BCUT2D eigenvalue weighted by Gasteiger charge is -2.27. The number of fused-ring (bicyclic) bond motifs is 3. The Morgan fingerprint density at radius 2 is 1.66 bits per heavy atom. The Kier molecular flexibility index (Phi) is 5.94. The number of rotatable bonds is 5. The number of likely N-dealkylation sites (tertiary alicyclic amines) is 1. The molecule has 7 nitrogen and oxygen atoms in total. The SMILES string of the molecule is O=C(N[C@@H]1CCC[C@@H]1C(=O)N1CC(F)(F)CC1C(=O)O)OCC1c2ccccc2-c2ccccc21. The molecule has 3 atom stereocenters. The number of halogens is 2. The van der Waals surface area contributed by atoms with Crippen LogP contribution in [0.25, 0.3) is 11.1 Å². The number of ether oxygens (including phenoxy) is 1. The molecule has 1 aliphatic heterocycles. The lowest BCUT2D eigenvalue weighted by molar-refractivity contribution is -0.150. The summed E-state index contributed by atoms with van der Waals surface area (Å²) in [5.41, 5.74) is 4.36. The minimum atomic E-state index is -3.24. The molecular weight excluding hydrogens is 458 g/mol. The monoisotopic (exact) mass is 484 g/mol. The number of alkyl carbamates (subject to hydrolysis) is 1. The number of alkyl halides is 2. The molecule has 9 heteroatoms. The standard InChI is InChI=1S/C26H26F2N2O5/c27-26(28)12-22(24(32)33)30(14-26)23(31)19-10-5-11-21(19)29-25(34)35-13-20-17-8-3-1-6-15(17)16-7-2-4-9-18(16)20/h1-4,6-9,19-22H,5,10-14H2,(H,29,34)(H,32,33)/t19-,21+,22?/m0/s1. The van der Waals surface area contributed by atoms with E-state index in [-0.39, 0.29) is 12.5 Å². The molecule has 5 rings (SSSR count). The first kappa shape index (κ1) is 23.3. The summed E-state index contributed by atoms with van der Waals surface area (Å²) in [6.07, 6.45) is -0.0830. The first-order chi connectivity index (χ1) is 16.7. The van der Waals surface area contributed by atoms with Crippen LogP contribution in [0.1, 0.15) is 42.7 Å². The van der Waals surface area contributed by atoms with Crippen LogP contribution in [-0.2, 0) is 14.3 Å². The number of aliphatic carboxylic acids is 1. The van der Waals surface area contributed by atoms with E-state index < -0.39 is 54.9 Å². The molecule has 1 saturated carbocycles. The van der Waals surface area contributed by atoms with Crippen LogP contribution in [0.5, 0.6) is 0 Å². The van der Waals surface area contributed by atoms with Crippen LogP contribution < -0.4 is 5.32 Å². The largest absolute Gasteiger partial charge is 0.480 e. The molecule has 2 fully saturated rings. The van der Waals surface area contributed by atoms with E-state index in [1.807, 2.05) is 48.5 Å². The van der Waals surface area contributed by atoms with E-state index in [0.717, 1.165) is 27.2 Å². The van der Waals surface area contributed by atoms with Gasteiger partial charge in [-0.3, -0.25) is 4.79 Å². The summed E-state index contributed by atoms with van der Waals surface area (Å²) in [5.74, 6) is -6.22. The maximum Gasteiger partial charge on any atom is 0.407 e. The van der Waals surface area contributed by atoms with E-state index in [9.17, 15) is 28.3 Å². The molecule has 1 saturated heterocycles. The Morgan fingerprint density at radius 1 is 1.03 bits per heavy atom. The summed E-state index contributed by atoms with van der Waals surface area (Å²) < 4.78 is 33.3. The number of carboxylic acids is 1. The molecular formula is C26H26F2N2O5. The van der Waals surface area contributed by atoms with Gasteiger partial charge in [0.15, 0.2) is 0 Å². The highest BCUT2D eigenvalue weighted by Crippen LogP contribution is 2.44. The molecule has 0 bridgehead atoms. The van der Waals surface area contributed by atoms with Crippen molar-refractivity contribution in [3.05, 3.63) is 59.7 Å². The zero-order chi connectivity index (χ0) is 24.7. The molecule has 2 aromatic carbocycles. The molecule has 0 spiro atoms. The molecule has 2 amide bonds. The van der Waals surface area contributed by atoms with Crippen molar-refractivity contribution in [1.29, 1.82) is 0 Å². The maximum absolute atomic E-state index is 13.9. The highest BCUT2D eigenvalue weighted by atomic mass is 19.3. The quantitative estimate of drug-likeness (QED) is 0.669. The van der Waals surface area contributed by atoms with Crippen molar-refractivity contribution in [3.8, 4) is 11.1 Å². The zero-order valence-corrected chi connectivity index (χ0v) is 19.0. The van der Waals surface area contributed by atoms with Crippen molar-refractivity contribution >= 4 is 18.0 Å². The summed E-state index contributed by atoms with van der Waals surface area (Å²) in [5, 5.41) is 12.0. The second-order valence-electron chi connectivity index (χ2n) is 9.49. The number of hydrogen-bond acceptors (Lipinski definition) is 4. The number of nitrogens with zero attached hydrogens (tertiary/aromatic N) is 1. The van der Waals surface area contributed by atoms with Crippen molar-refractivity contribution in [2.24, 2.45) is 5.92 Å². The van der Waals surface area contributed by atoms with Crippen LogP contribution in [0.15, 0.2) is 48.5 Å². The van der Waals surface area contributed by atoms with Gasteiger partial charge in [-0.2, -0.15) is 0 Å². The van der Waals surface area contributed by atoms with Gasteiger partial charge in [-0.25, -0.2) is 18.4 Å². The number of benzene rings is 2. The molecule has 35 heavy (non-hydrogen) atoms. The fourth-order valence-electron chi connectivity index (χ4n) is 5.70. The molecule has 184 valence electrons. The molecule has 2 aliphatic carbocycles. The van der Waals surface area contributed by atoms with E-state index in [1.54, 1.807) is 0 Å². The summed E-state index contributed by atoms with van der Waals surface area (Å²) in [4.78, 5) is 37.9. The molecule has 0 radical (unpaired) electrons. The van der Waals surface area contributed by atoms with Crippen LogP contribution in [-0.4, -0.2) is 59.1 Å². The van der Waals surface area contributed by atoms with Crippen molar-refractivity contribution in [1.82, 2.24) is 10.2 Å². The van der Waals surface area contributed by atoms with E-state index in [1.165, 1.54) is 0 Å². The fourth-order valence-corrected chi connectivity index (χ4v) is 5.70. The van der Waals surface area contributed by atoms with Crippen molar-refractivity contribution < 1.29 is 33.0 Å². The number of amides is 2. The number of carboxylic acid groups (broad SMARTS) is 1.